The Morgan fingerprint density at radius 1 is 0.333 bits per heavy atom. The normalized spacial score (nSPS) is 11.5. The first-order valence-corrected chi connectivity index (χ1v) is 21.5. The summed E-state index contributed by atoms with van der Waals surface area (Å²) in [5.41, 5.74) is 17.4. The smallest absolute Gasteiger partial charge is 0.145 e. The Kier molecular flexibility index (Phi) is 8.83. The minimum atomic E-state index is 0.851. The molecule has 12 aromatic rings. The molecular weight excluding hydrogens is 765 g/mol. The van der Waals surface area contributed by atoms with E-state index in [9.17, 15) is 0 Å². The first-order chi connectivity index (χ1) is 31.2. The summed E-state index contributed by atoms with van der Waals surface area (Å²) in [6.45, 7) is 0. The third-order valence-electron chi connectivity index (χ3n) is 12.4. The van der Waals surface area contributed by atoms with Crippen LogP contribution >= 0.6 is 0 Å². The van der Waals surface area contributed by atoms with Gasteiger partial charge in [0, 0.05) is 38.8 Å². The fraction of sp³-hybridized carbons (Fsp3) is 0. The SMILES string of the molecule is c1ccc(-c2cccc(-c3cccc(N(c4cccc(-c5ccccc5)c4)c4ccc(-c5cccc(-n6c7ccccc7c7ccccc76)c5)c5oc6ccccc6c45)c3)c2)cc1. The highest BCUT2D eigenvalue weighted by Crippen LogP contribution is 2.47. The van der Waals surface area contributed by atoms with E-state index < -0.39 is 0 Å². The summed E-state index contributed by atoms with van der Waals surface area (Å²) in [5, 5.41) is 4.62. The van der Waals surface area contributed by atoms with Gasteiger partial charge in [-0.15, -0.1) is 0 Å². The van der Waals surface area contributed by atoms with Crippen molar-refractivity contribution in [3.63, 3.8) is 0 Å². The minimum absolute atomic E-state index is 0.851. The van der Waals surface area contributed by atoms with E-state index in [0.29, 0.717) is 0 Å². The van der Waals surface area contributed by atoms with E-state index in [1.165, 1.54) is 38.5 Å². The Morgan fingerprint density at radius 2 is 0.810 bits per heavy atom. The lowest BCUT2D eigenvalue weighted by Crippen LogP contribution is -2.11. The lowest BCUT2D eigenvalue weighted by molar-refractivity contribution is 0.670. The number of hydrogen-bond acceptors (Lipinski definition) is 2. The summed E-state index contributed by atoms with van der Waals surface area (Å²) in [4.78, 5) is 2.40. The van der Waals surface area contributed by atoms with Crippen LogP contribution in [0.5, 0.6) is 0 Å². The molecule has 0 N–H and O–H groups in total. The van der Waals surface area contributed by atoms with Crippen LogP contribution in [0, 0.1) is 0 Å². The number of para-hydroxylation sites is 3. The molecule has 0 radical (unpaired) electrons. The maximum atomic E-state index is 6.98. The van der Waals surface area contributed by atoms with Gasteiger partial charge in [-0.05, 0) is 112 Å². The summed E-state index contributed by atoms with van der Waals surface area (Å²) in [7, 11) is 0. The van der Waals surface area contributed by atoms with Gasteiger partial charge in [-0.2, -0.15) is 0 Å². The molecule has 0 aliphatic carbocycles. The second-order valence-corrected chi connectivity index (χ2v) is 16.1. The standard InChI is InChI=1S/C60H40N2O/c1-3-17-41(18-4-1)43-21-13-22-44(37-43)46-24-15-27-49(39-46)61(48-26-14-23-45(38-48)42-19-5-2-6-20-42)57-36-35-51(60-59(57)54-31-9-12-34-58(54)63-60)47-25-16-28-50(40-47)62-55-32-10-7-29-52(55)53-30-8-11-33-56(53)62/h1-40H. The van der Waals surface area contributed by atoms with E-state index in [1.54, 1.807) is 0 Å². The van der Waals surface area contributed by atoms with Gasteiger partial charge in [0.05, 0.1) is 22.1 Å². The van der Waals surface area contributed by atoms with Crippen LogP contribution in [0.15, 0.2) is 247 Å². The maximum absolute atomic E-state index is 6.98. The molecule has 2 heterocycles. The third kappa shape index (κ3) is 6.38. The molecule has 0 fully saturated rings. The van der Waals surface area contributed by atoms with Crippen LogP contribution < -0.4 is 4.90 Å². The molecule has 0 aliphatic rings. The predicted octanol–water partition coefficient (Wildman–Crippen LogP) is 16.8. The zero-order chi connectivity index (χ0) is 41.7. The molecule has 2 aromatic heterocycles. The number of hydrogen-bond donors (Lipinski definition) is 0. The Labute approximate surface area is 366 Å². The van der Waals surface area contributed by atoms with Crippen molar-refractivity contribution in [3.8, 4) is 50.2 Å². The third-order valence-corrected chi connectivity index (χ3v) is 12.4. The van der Waals surface area contributed by atoms with Crippen LogP contribution in [0.1, 0.15) is 0 Å². The van der Waals surface area contributed by atoms with Gasteiger partial charge in [-0.25, -0.2) is 0 Å². The molecule has 0 atom stereocenters. The number of aromatic nitrogens is 1. The molecule has 0 amide bonds. The van der Waals surface area contributed by atoms with Crippen molar-refractivity contribution in [1.29, 1.82) is 0 Å². The van der Waals surface area contributed by atoms with Gasteiger partial charge in [-0.1, -0.05) is 170 Å². The van der Waals surface area contributed by atoms with Crippen LogP contribution in [-0.4, -0.2) is 4.57 Å². The lowest BCUT2D eigenvalue weighted by atomic mass is 9.97. The second kappa shape index (κ2) is 15.3. The number of nitrogens with zero attached hydrogens (tertiary/aromatic N) is 2. The highest BCUT2D eigenvalue weighted by molar-refractivity contribution is 6.17. The first kappa shape index (κ1) is 36.5. The summed E-state index contributed by atoms with van der Waals surface area (Å²) in [5.74, 6) is 0. The van der Waals surface area contributed by atoms with E-state index >= 15 is 0 Å². The molecule has 63 heavy (non-hydrogen) atoms. The largest absolute Gasteiger partial charge is 0.455 e. The molecule has 3 heteroatoms. The van der Waals surface area contributed by atoms with Gasteiger partial charge >= 0.3 is 0 Å². The topological polar surface area (TPSA) is 21.3 Å². The Morgan fingerprint density at radius 3 is 1.46 bits per heavy atom. The number of fused-ring (bicyclic) bond motifs is 6. The quantitative estimate of drug-likeness (QED) is 0.153. The van der Waals surface area contributed by atoms with Gasteiger partial charge in [-0.3, -0.25) is 0 Å². The molecule has 0 unspecified atom stereocenters. The van der Waals surface area contributed by atoms with Gasteiger partial charge < -0.3 is 13.9 Å². The van der Waals surface area contributed by atoms with Crippen LogP contribution in [-0.2, 0) is 0 Å². The fourth-order valence-electron chi connectivity index (χ4n) is 9.45. The van der Waals surface area contributed by atoms with Crippen LogP contribution in [0.2, 0.25) is 0 Å². The van der Waals surface area contributed by atoms with Crippen molar-refractivity contribution >= 4 is 60.8 Å². The van der Waals surface area contributed by atoms with Gasteiger partial charge in [0.15, 0.2) is 0 Å². The van der Waals surface area contributed by atoms with Crippen LogP contribution in [0.3, 0.4) is 0 Å². The van der Waals surface area contributed by atoms with E-state index in [2.05, 4.69) is 252 Å². The van der Waals surface area contributed by atoms with E-state index in [1.807, 2.05) is 0 Å². The van der Waals surface area contributed by atoms with Crippen LogP contribution in [0.25, 0.3) is 93.9 Å². The van der Waals surface area contributed by atoms with Crippen molar-refractivity contribution < 1.29 is 4.42 Å². The average molecular weight is 805 g/mol. The highest BCUT2D eigenvalue weighted by atomic mass is 16.3. The number of benzene rings is 10. The van der Waals surface area contributed by atoms with E-state index in [0.717, 1.165) is 72.5 Å². The van der Waals surface area contributed by atoms with Crippen molar-refractivity contribution in [1.82, 2.24) is 4.57 Å². The first-order valence-electron chi connectivity index (χ1n) is 21.5. The fourth-order valence-corrected chi connectivity index (χ4v) is 9.45. The molecular formula is C60H40N2O. The number of rotatable bonds is 8. The van der Waals surface area contributed by atoms with Gasteiger partial charge in [0.1, 0.15) is 11.2 Å². The Bertz CT molecular complexity index is 3580. The molecule has 12 rings (SSSR count). The van der Waals surface area contributed by atoms with Crippen molar-refractivity contribution in [3.05, 3.63) is 243 Å². The molecule has 3 nitrogen and oxygen atoms in total. The Hall–Kier alpha value is -8.40. The molecule has 10 aromatic carbocycles. The predicted molar refractivity (Wildman–Crippen MR) is 264 cm³/mol. The molecule has 296 valence electrons. The van der Waals surface area contributed by atoms with Gasteiger partial charge in [0.2, 0.25) is 0 Å². The van der Waals surface area contributed by atoms with E-state index in [-0.39, 0.29) is 0 Å². The summed E-state index contributed by atoms with van der Waals surface area (Å²) >= 11 is 0. The maximum Gasteiger partial charge on any atom is 0.145 e. The van der Waals surface area contributed by atoms with E-state index in [4.69, 9.17) is 4.42 Å². The molecule has 0 bridgehead atoms. The number of furan rings is 1. The summed E-state index contributed by atoms with van der Waals surface area (Å²) < 4.78 is 9.36. The van der Waals surface area contributed by atoms with Gasteiger partial charge in [0.25, 0.3) is 0 Å². The molecule has 0 spiro atoms. The number of anilines is 3. The Balaban J connectivity index is 1.06. The minimum Gasteiger partial charge on any atom is -0.455 e. The molecule has 0 saturated heterocycles. The lowest BCUT2D eigenvalue weighted by Gasteiger charge is -2.27. The average Bonchev–Trinajstić information content (AvgIpc) is 3.92. The highest BCUT2D eigenvalue weighted by Gasteiger charge is 2.23. The molecule has 0 saturated carbocycles. The monoisotopic (exact) mass is 804 g/mol. The zero-order valence-electron chi connectivity index (χ0n) is 34.4. The second-order valence-electron chi connectivity index (χ2n) is 16.1. The van der Waals surface area contributed by atoms with Crippen molar-refractivity contribution in [2.45, 2.75) is 0 Å². The van der Waals surface area contributed by atoms with Crippen LogP contribution in [0.4, 0.5) is 17.1 Å². The van der Waals surface area contributed by atoms with Crippen molar-refractivity contribution in [2.75, 3.05) is 4.90 Å². The summed E-state index contributed by atoms with van der Waals surface area (Å²) in [6.07, 6.45) is 0. The van der Waals surface area contributed by atoms with Crippen molar-refractivity contribution in [2.24, 2.45) is 0 Å². The zero-order valence-corrected chi connectivity index (χ0v) is 34.4. The molecule has 0 aliphatic heterocycles. The summed E-state index contributed by atoms with van der Waals surface area (Å²) in [6, 6.07) is 87.0.